The Bertz CT molecular complexity index is 320. The van der Waals surface area contributed by atoms with Gasteiger partial charge < -0.3 is 10.3 Å². The molecule has 0 atom stereocenters. The van der Waals surface area contributed by atoms with Crippen molar-refractivity contribution in [3.63, 3.8) is 0 Å². The fourth-order valence-electron chi connectivity index (χ4n) is 0.727. The zero-order valence-electron chi connectivity index (χ0n) is 6.18. The lowest BCUT2D eigenvalue weighted by Crippen LogP contribution is -2.28. The second kappa shape index (κ2) is 3.52. The predicted molar refractivity (Wildman–Crippen MR) is 42.1 cm³/mol. The largest absolute Gasteiger partial charge is 0.618 e. The van der Waals surface area contributed by atoms with Gasteiger partial charge in [-0.3, -0.25) is 0 Å². The Balaban J connectivity index is 2.89. The molecule has 0 saturated carbocycles. The number of carbonyl (C=O) groups is 1. The summed E-state index contributed by atoms with van der Waals surface area (Å²) in [6, 6.07) is 4.77. The number of pyridine rings is 1. The van der Waals surface area contributed by atoms with Gasteiger partial charge in [0.1, 0.15) is 0 Å². The van der Waals surface area contributed by atoms with E-state index in [2.05, 4.69) is 0 Å². The third-order valence-electron chi connectivity index (χ3n) is 1.25. The number of nitrogens with zero attached hydrogens (tertiary/aromatic N) is 1. The van der Waals surface area contributed by atoms with Crippen LogP contribution in [0.5, 0.6) is 0 Å². The van der Waals surface area contributed by atoms with Crippen LogP contribution in [-0.4, -0.2) is 11.1 Å². The van der Waals surface area contributed by atoms with Gasteiger partial charge in [-0.2, -0.15) is 4.73 Å². The van der Waals surface area contributed by atoms with Crippen LogP contribution in [0.3, 0.4) is 0 Å². The number of carboxylic acids is 1. The molecule has 62 valence electrons. The Labute approximate surface area is 69.0 Å². The van der Waals surface area contributed by atoms with Crippen LogP contribution in [-0.2, 0) is 4.79 Å². The molecule has 0 aromatic carbocycles. The van der Waals surface area contributed by atoms with E-state index in [1.165, 1.54) is 18.3 Å². The van der Waals surface area contributed by atoms with Gasteiger partial charge in [-0.05, 0) is 6.07 Å². The molecule has 1 aromatic heterocycles. The van der Waals surface area contributed by atoms with E-state index in [-0.39, 0.29) is 0 Å². The number of hydrogen-bond donors (Lipinski definition) is 1. The summed E-state index contributed by atoms with van der Waals surface area (Å²) < 4.78 is 0.597. The summed E-state index contributed by atoms with van der Waals surface area (Å²) in [7, 11) is 0. The Hall–Kier alpha value is -1.84. The zero-order chi connectivity index (χ0) is 8.97. The van der Waals surface area contributed by atoms with Gasteiger partial charge in [0, 0.05) is 24.3 Å². The summed E-state index contributed by atoms with van der Waals surface area (Å²) in [5.41, 5.74) is 0.305. The topological polar surface area (TPSA) is 64.2 Å². The molecule has 0 aliphatic heterocycles. The summed E-state index contributed by atoms with van der Waals surface area (Å²) in [5, 5.41) is 19.2. The van der Waals surface area contributed by atoms with E-state index in [1.54, 1.807) is 12.1 Å². The normalized spacial score (nSPS) is 10.3. The SMILES string of the molecule is O=C(O)/C=C/c1cccc[n+]1[O-]. The lowest BCUT2D eigenvalue weighted by Gasteiger charge is -1.96. The van der Waals surface area contributed by atoms with Crippen LogP contribution >= 0.6 is 0 Å². The third-order valence-corrected chi connectivity index (χ3v) is 1.25. The Morgan fingerprint density at radius 3 is 2.92 bits per heavy atom. The molecule has 1 heterocycles. The smallest absolute Gasteiger partial charge is 0.328 e. The molecule has 1 rings (SSSR count). The van der Waals surface area contributed by atoms with Gasteiger partial charge in [-0.15, -0.1) is 0 Å². The highest BCUT2D eigenvalue weighted by molar-refractivity contribution is 5.84. The molecule has 4 heteroatoms. The Kier molecular flexibility index (Phi) is 2.42. The van der Waals surface area contributed by atoms with Gasteiger partial charge in [0.05, 0.1) is 0 Å². The van der Waals surface area contributed by atoms with Crippen molar-refractivity contribution in [2.75, 3.05) is 0 Å². The van der Waals surface area contributed by atoms with Gasteiger partial charge in [0.25, 0.3) is 0 Å². The fourth-order valence-corrected chi connectivity index (χ4v) is 0.727. The molecule has 0 bridgehead atoms. The minimum atomic E-state index is -1.07. The van der Waals surface area contributed by atoms with Crippen LogP contribution in [0.25, 0.3) is 6.08 Å². The number of aliphatic carboxylic acids is 1. The molecule has 0 aliphatic rings. The molecule has 0 unspecified atom stereocenters. The molecular weight excluding hydrogens is 158 g/mol. The number of hydrogen-bond acceptors (Lipinski definition) is 2. The van der Waals surface area contributed by atoms with Gasteiger partial charge in [0.15, 0.2) is 6.20 Å². The zero-order valence-corrected chi connectivity index (χ0v) is 6.18. The van der Waals surface area contributed by atoms with E-state index in [0.29, 0.717) is 10.4 Å². The molecule has 4 nitrogen and oxygen atoms in total. The molecule has 0 aliphatic carbocycles. The van der Waals surface area contributed by atoms with Gasteiger partial charge in [0.2, 0.25) is 5.69 Å². The first kappa shape index (κ1) is 8.26. The summed E-state index contributed by atoms with van der Waals surface area (Å²) >= 11 is 0. The summed E-state index contributed by atoms with van der Waals surface area (Å²) in [6.45, 7) is 0. The van der Waals surface area contributed by atoms with Crippen LogP contribution in [0.15, 0.2) is 30.5 Å². The van der Waals surface area contributed by atoms with Crippen LogP contribution in [0.1, 0.15) is 5.69 Å². The van der Waals surface area contributed by atoms with E-state index < -0.39 is 5.97 Å². The molecule has 1 N–H and O–H groups in total. The number of rotatable bonds is 2. The van der Waals surface area contributed by atoms with Gasteiger partial charge >= 0.3 is 5.97 Å². The van der Waals surface area contributed by atoms with Crippen LogP contribution in [0, 0.1) is 5.21 Å². The van der Waals surface area contributed by atoms with E-state index in [1.807, 2.05) is 0 Å². The van der Waals surface area contributed by atoms with Crippen LogP contribution in [0.2, 0.25) is 0 Å². The first-order valence-electron chi connectivity index (χ1n) is 3.29. The van der Waals surface area contributed by atoms with Crippen molar-refractivity contribution in [2.24, 2.45) is 0 Å². The quantitative estimate of drug-likeness (QED) is 0.392. The number of carboxylic acid groups (broad SMARTS) is 1. The predicted octanol–water partition coefficient (Wildman–Crippen LogP) is 0.418. The molecule has 0 radical (unpaired) electrons. The van der Waals surface area contributed by atoms with Crippen molar-refractivity contribution >= 4 is 12.0 Å². The highest BCUT2D eigenvalue weighted by Gasteiger charge is 1.97. The first-order chi connectivity index (χ1) is 5.70. The maximum absolute atomic E-state index is 10.9. The van der Waals surface area contributed by atoms with Gasteiger partial charge in [-0.25, -0.2) is 4.79 Å². The molecule has 0 amide bonds. The van der Waals surface area contributed by atoms with Gasteiger partial charge in [-0.1, -0.05) is 0 Å². The highest BCUT2D eigenvalue weighted by Crippen LogP contribution is 1.93. The average Bonchev–Trinajstić information content (AvgIpc) is 2.03. The molecular formula is C8H7NO3. The van der Waals surface area contributed by atoms with E-state index in [4.69, 9.17) is 5.11 Å². The van der Waals surface area contributed by atoms with E-state index >= 15 is 0 Å². The second-order valence-electron chi connectivity index (χ2n) is 2.12. The monoisotopic (exact) mass is 165 g/mol. The molecule has 0 fully saturated rings. The van der Waals surface area contributed by atoms with E-state index in [9.17, 15) is 10.0 Å². The van der Waals surface area contributed by atoms with Crippen molar-refractivity contribution in [3.8, 4) is 0 Å². The lowest BCUT2D eigenvalue weighted by molar-refractivity contribution is -0.607. The first-order valence-corrected chi connectivity index (χ1v) is 3.29. The maximum atomic E-state index is 10.9. The Morgan fingerprint density at radius 1 is 1.58 bits per heavy atom. The highest BCUT2D eigenvalue weighted by atomic mass is 16.5. The fraction of sp³-hybridized carbons (Fsp3) is 0. The number of aromatic nitrogens is 1. The summed E-state index contributed by atoms with van der Waals surface area (Å²) in [6.07, 6.45) is 3.47. The average molecular weight is 165 g/mol. The minimum Gasteiger partial charge on any atom is -0.618 e. The summed E-state index contributed by atoms with van der Waals surface area (Å²) in [5.74, 6) is -1.07. The second-order valence-corrected chi connectivity index (χ2v) is 2.12. The van der Waals surface area contributed by atoms with Crippen LogP contribution < -0.4 is 4.73 Å². The molecule has 12 heavy (non-hydrogen) atoms. The molecule has 0 saturated heterocycles. The minimum absolute atomic E-state index is 0.305. The van der Waals surface area contributed by atoms with Crippen molar-refractivity contribution < 1.29 is 14.6 Å². The van der Waals surface area contributed by atoms with Crippen molar-refractivity contribution in [2.45, 2.75) is 0 Å². The van der Waals surface area contributed by atoms with Crippen molar-refractivity contribution in [3.05, 3.63) is 41.4 Å². The van der Waals surface area contributed by atoms with Crippen molar-refractivity contribution in [1.29, 1.82) is 0 Å². The van der Waals surface area contributed by atoms with Crippen LogP contribution in [0.4, 0.5) is 0 Å². The lowest BCUT2D eigenvalue weighted by atomic mass is 10.3. The maximum Gasteiger partial charge on any atom is 0.328 e. The molecule has 0 spiro atoms. The Morgan fingerprint density at radius 2 is 2.33 bits per heavy atom. The standard InChI is InChI=1S/C8H7NO3/c10-8(11)5-4-7-3-1-2-6-9(7)12/h1-6H,(H,10,11)/b5-4+. The molecule has 1 aromatic rings. The summed E-state index contributed by atoms with van der Waals surface area (Å²) in [4.78, 5) is 10.1. The third kappa shape index (κ3) is 2.09. The van der Waals surface area contributed by atoms with Crippen molar-refractivity contribution in [1.82, 2.24) is 0 Å². The van der Waals surface area contributed by atoms with E-state index in [0.717, 1.165) is 6.08 Å².